The summed E-state index contributed by atoms with van der Waals surface area (Å²) in [6.45, 7) is 4.80. The first kappa shape index (κ1) is 13.2. The molecule has 0 spiro atoms. The molecule has 1 aromatic carbocycles. The molecule has 0 aromatic heterocycles. The standard InChI is InChI=1S/C12H18N.ClH/c1-5-11-6-8-12(9-7-11)10-13(2,3)4;/h5-9H,1,10H2,2-4H3;1H/q+1;/p-1. The van der Waals surface area contributed by atoms with E-state index in [1.807, 2.05) is 6.08 Å². The molecule has 0 fully saturated rings. The van der Waals surface area contributed by atoms with Crippen molar-refractivity contribution in [1.82, 2.24) is 0 Å². The monoisotopic (exact) mass is 211 g/mol. The van der Waals surface area contributed by atoms with Crippen LogP contribution in [0.2, 0.25) is 0 Å². The van der Waals surface area contributed by atoms with Gasteiger partial charge in [-0.15, -0.1) is 0 Å². The zero-order chi connectivity index (χ0) is 9.90. The van der Waals surface area contributed by atoms with Crippen molar-refractivity contribution in [3.05, 3.63) is 42.0 Å². The third-order valence-corrected chi connectivity index (χ3v) is 1.87. The summed E-state index contributed by atoms with van der Waals surface area (Å²) < 4.78 is 0.966. The maximum Gasteiger partial charge on any atom is 0.104 e. The highest BCUT2D eigenvalue weighted by Crippen LogP contribution is 2.09. The van der Waals surface area contributed by atoms with Crippen molar-refractivity contribution in [3.63, 3.8) is 0 Å². The Labute approximate surface area is 93.1 Å². The minimum atomic E-state index is 0. The van der Waals surface area contributed by atoms with Gasteiger partial charge in [-0.05, 0) is 5.56 Å². The van der Waals surface area contributed by atoms with Crippen molar-refractivity contribution >= 4 is 6.08 Å². The van der Waals surface area contributed by atoms with Gasteiger partial charge in [-0.1, -0.05) is 36.9 Å². The highest BCUT2D eigenvalue weighted by molar-refractivity contribution is 5.47. The highest BCUT2D eigenvalue weighted by atomic mass is 35.5. The van der Waals surface area contributed by atoms with Crippen LogP contribution in [-0.2, 0) is 6.54 Å². The second-order valence-corrected chi connectivity index (χ2v) is 4.39. The number of hydrogen-bond donors (Lipinski definition) is 0. The van der Waals surface area contributed by atoms with Gasteiger partial charge in [-0.25, -0.2) is 0 Å². The number of rotatable bonds is 3. The summed E-state index contributed by atoms with van der Waals surface area (Å²) in [6.07, 6.45) is 1.87. The van der Waals surface area contributed by atoms with Crippen LogP contribution in [0, 0.1) is 0 Å². The van der Waals surface area contributed by atoms with Gasteiger partial charge in [0.05, 0.1) is 21.1 Å². The van der Waals surface area contributed by atoms with E-state index in [0.29, 0.717) is 0 Å². The van der Waals surface area contributed by atoms with E-state index in [0.717, 1.165) is 11.0 Å². The van der Waals surface area contributed by atoms with E-state index in [1.165, 1.54) is 11.1 Å². The lowest BCUT2D eigenvalue weighted by Crippen LogP contribution is -3.00. The maximum absolute atomic E-state index is 3.73. The largest absolute Gasteiger partial charge is 1.00 e. The minimum absolute atomic E-state index is 0. The lowest BCUT2D eigenvalue weighted by Gasteiger charge is -2.23. The van der Waals surface area contributed by atoms with Gasteiger partial charge in [0.1, 0.15) is 6.54 Å². The van der Waals surface area contributed by atoms with Crippen molar-refractivity contribution in [3.8, 4) is 0 Å². The van der Waals surface area contributed by atoms with Crippen LogP contribution in [0.15, 0.2) is 30.8 Å². The van der Waals surface area contributed by atoms with Crippen molar-refractivity contribution in [2.45, 2.75) is 6.54 Å². The zero-order valence-electron chi connectivity index (χ0n) is 9.13. The van der Waals surface area contributed by atoms with Gasteiger partial charge < -0.3 is 16.9 Å². The van der Waals surface area contributed by atoms with E-state index in [9.17, 15) is 0 Å². The molecule has 14 heavy (non-hydrogen) atoms. The van der Waals surface area contributed by atoms with Gasteiger partial charge in [-0.2, -0.15) is 0 Å². The Balaban J connectivity index is 0.00000169. The van der Waals surface area contributed by atoms with Crippen molar-refractivity contribution < 1.29 is 16.9 Å². The molecule has 0 N–H and O–H groups in total. The van der Waals surface area contributed by atoms with Gasteiger partial charge in [0.2, 0.25) is 0 Å². The number of nitrogens with zero attached hydrogens (tertiary/aromatic N) is 1. The molecular formula is C12H18ClN. The Kier molecular flexibility index (Phi) is 4.89. The van der Waals surface area contributed by atoms with Gasteiger partial charge in [0.25, 0.3) is 0 Å². The van der Waals surface area contributed by atoms with Gasteiger partial charge in [0.15, 0.2) is 0 Å². The molecule has 0 bridgehead atoms. The van der Waals surface area contributed by atoms with Crippen LogP contribution >= 0.6 is 0 Å². The molecule has 0 aliphatic rings. The highest BCUT2D eigenvalue weighted by Gasteiger charge is 2.07. The molecule has 0 atom stereocenters. The summed E-state index contributed by atoms with van der Waals surface area (Å²) >= 11 is 0. The first-order valence-electron chi connectivity index (χ1n) is 4.53. The average Bonchev–Trinajstić information content (AvgIpc) is 2.03. The lowest BCUT2D eigenvalue weighted by atomic mass is 10.1. The summed E-state index contributed by atoms with van der Waals surface area (Å²) in [7, 11) is 6.59. The molecule has 0 aliphatic heterocycles. The fraction of sp³-hybridized carbons (Fsp3) is 0.333. The molecule has 1 rings (SSSR count). The summed E-state index contributed by atoms with van der Waals surface area (Å²) in [5.74, 6) is 0. The predicted molar refractivity (Wildman–Crippen MR) is 58.3 cm³/mol. The van der Waals surface area contributed by atoms with Crippen LogP contribution in [-0.4, -0.2) is 25.6 Å². The van der Waals surface area contributed by atoms with Crippen molar-refractivity contribution in [2.75, 3.05) is 21.1 Å². The van der Waals surface area contributed by atoms with Crippen LogP contribution in [0.1, 0.15) is 11.1 Å². The molecule has 1 aromatic rings. The quantitative estimate of drug-likeness (QED) is 0.594. The molecule has 0 radical (unpaired) electrons. The van der Waals surface area contributed by atoms with E-state index < -0.39 is 0 Å². The molecule has 0 saturated heterocycles. The molecule has 0 aliphatic carbocycles. The lowest BCUT2D eigenvalue weighted by molar-refractivity contribution is -0.884. The van der Waals surface area contributed by atoms with Crippen molar-refractivity contribution in [2.24, 2.45) is 0 Å². The van der Waals surface area contributed by atoms with E-state index in [4.69, 9.17) is 0 Å². The number of hydrogen-bond acceptors (Lipinski definition) is 0. The van der Waals surface area contributed by atoms with Gasteiger partial charge >= 0.3 is 0 Å². The second kappa shape index (κ2) is 5.18. The zero-order valence-corrected chi connectivity index (χ0v) is 9.88. The van der Waals surface area contributed by atoms with Gasteiger partial charge in [-0.3, -0.25) is 0 Å². The summed E-state index contributed by atoms with van der Waals surface area (Å²) in [6, 6.07) is 8.55. The minimum Gasteiger partial charge on any atom is -1.00 e. The van der Waals surface area contributed by atoms with Crippen LogP contribution in [0.3, 0.4) is 0 Å². The second-order valence-electron chi connectivity index (χ2n) is 4.39. The smallest absolute Gasteiger partial charge is 0.104 e. The molecule has 0 saturated carbocycles. The Morgan fingerprint density at radius 1 is 1.14 bits per heavy atom. The van der Waals surface area contributed by atoms with E-state index in [-0.39, 0.29) is 12.4 Å². The molecule has 1 nitrogen and oxygen atoms in total. The fourth-order valence-electron chi connectivity index (χ4n) is 1.31. The Morgan fingerprint density at radius 2 is 1.64 bits per heavy atom. The maximum atomic E-state index is 3.73. The molecule has 2 heteroatoms. The molecule has 78 valence electrons. The van der Waals surface area contributed by atoms with Gasteiger partial charge in [0, 0.05) is 5.56 Å². The first-order chi connectivity index (χ1) is 6.01. The third kappa shape index (κ3) is 4.45. The summed E-state index contributed by atoms with van der Waals surface area (Å²) in [4.78, 5) is 0. The Bertz CT molecular complexity index is 282. The molecule has 0 heterocycles. The Hall–Kier alpha value is -0.790. The Morgan fingerprint density at radius 3 is 2.00 bits per heavy atom. The number of halogens is 1. The van der Waals surface area contributed by atoms with Crippen LogP contribution in [0.25, 0.3) is 6.08 Å². The SMILES string of the molecule is C=Cc1ccc(C[N+](C)(C)C)cc1.[Cl-]. The van der Waals surface area contributed by atoms with E-state index in [1.54, 1.807) is 0 Å². The van der Waals surface area contributed by atoms with E-state index >= 15 is 0 Å². The molecule has 0 unspecified atom stereocenters. The molecule has 0 amide bonds. The van der Waals surface area contributed by atoms with Crippen LogP contribution in [0.5, 0.6) is 0 Å². The average molecular weight is 212 g/mol. The topological polar surface area (TPSA) is 0 Å². The first-order valence-corrected chi connectivity index (χ1v) is 4.53. The van der Waals surface area contributed by atoms with Crippen LogP contribution in [0.4, 0.5) is 0 Å². The van der Waals surface area contributed by atoms with E-state index in [2.05, 4.69) is 52.0 Å². The molecular weight excluding hydrogens is 194 g/mol. The van der Waals surface area contributed by atoms with Crippen molar-refractivity contribution in [1.29, 1.82) is 0 Å². The summed E-state index contributed by atoms with van der Waals surface area (Å²) in [5.41, 5.74) is 2.56. The third-order valence-electron chi connectivity index (χ3n) is 1.87. The number of quaternary nitrogens is 1. The number of benzene rings is 1. The summed E-state index contributed by atoms with van der Waals surface area (Å²) in [5, 5.41) is 0. The fourth-order valence-corrected chi connectivity index (χ4v) is 1.31. The predicted octanol–water partition coefficient (Wildman–Crippen LogP) is -0.460. The van der Waals surface area contributed by atoms with Crippen LogP contribution < -0.4 is 12.4 Å². The normalized spacial score (nSPS) is 10.5.